The van der Waals surface area contributed by atoms with Gasteiger partial charge in [-0.25, -0.2) is 0 Å². The van der Waals surface area contributed by atoms with Gasteiger partial charge in [-0.3, -0.25) is 9.48 Å². The number of nitrogens with two attached hydrogens (primary N) is 1. The van der Waals surface area contributed by atoms with E-state index in [9.17, 15) is 4.79 Å². The lowest BCUT2D eigenvalue weighted by Gasteiger charge is -1.99. The van der Waals surface area contributed by atoms with Crippen molar-refractivity contribution in [1.29, 1.82) is 0 Å². The molecule has 13 heavy (non-hydrogen) atoms. The zero-order valence-electron chi connectivity index (χ0n) is 7.25. The first-order valence-corrected chi connectivity index (χ1v) is 4.62. The highest BCUT2D eigenvalue weighted by Crippen LogP contribution is 2.13. The Labute approximate surface area is 84.4 Å². The molecule has 0 aliphatic carbocycles. The molecule has 0 spiro atoms. The molecule has 1 heterocycles. The van der Waals surface area contributed by atoms with Gasteiger partial charge in [0.15, 0.2) is 5.69 Å². The molecule has 5 nitrogen and oxygen atoms in total. The molecule has 1 rings (SSSR count). The first-order chi connectivity index (χ1) is 6.15. The Morgan fingerprint density at radius 1 is 1.85 bits per heavy atom. The number of nitrogens with zero attached hydrogens (tertiary/aromatic N) is 2. The zero-order chi connectivity index (χ0) is 9.84. The first kappa shape index (κ1) is 10.2. The van der Waals surface area contributed by atoms with Gasteiger partial charge in [-0.15, -0.1) is 0 Å². The maximum atomic E-state index is 11.4. The highest BCUT2D eigenvalue weighted by molar-refractivity contribution is 9.10. The molecular weight excluding hydrogens is 236 g/mol. The smallest absolute Gasteiger partial charge is 0.273 e. The van der Waals surface area contributed by atoms with Crippen LogP contribution in [0.3, 0.4) is 0 Å². The fraction of sp³-hybridized carbons (Fsp3) is 0.429. The molecule has 1 aromatic heterocycles. The lowest BCUT2D eigenvalue weighted by Crippen LogP contribution is -2.29. The normalized spacial score (nSPS) is 10.1. The molecule has 0 saturated heterocycles. The third kappa shape index (κ3) is 2.53. The van der Waals surface area contributed by atoms with E-state index < -0.39 is 0 Å². The summed E-state index contributed by atoms with van der Waals surface area (Å²) in [7, 11) is 1.75. The van der Waals surface area contributed by atoms with Gasteiger partial charge in [-0.1, -0.05) is 0 Å². The molecule has 1 aromatic rings. The number of carbonyl (C=O) groups is 1. The minimum absolute atomic E-state index is 0.210. The third-order valence-electron chi connectivity index (χ3n) is 1.43. The Morgan fingerprint density at radius 2 is 2.54 bits per heavy atom. The van der Waals surface area contributed by atoms with Gasteiger partial charge in [0.1, 0.15) is 0 Å². The summed E-state index contributed by atoms with van der Waals surface area (Å²) in [6.07, 6.45) is 1.72. The molecule has 0 aliphatic heterocycles. The van der Waals surface area contributed by atoms with Crippen LogP contribution in [0.5, 0.6) is 0 Å². The van der Waals surface area contributed by atoms with Gasteiger partial charge in [0.25, 0.3) is 5.91 Å². The van der Waals surface area contributed by atoms with Gasteiger partial charge < -0.3 is 11.1 Å². The summed E-state index contributed by atoms with van der Waals surface area (Å²) in [4.78, 5) is 11.4. The lowest BCUT2D eigenvalue weighted by atomic mass is 10.4. The molecular formula is C7H11BrN4O. The molecule has 72 valence electrons. The van der Waals surface area contributed by atoms with E-state index in [2.05, 4.69) is 26.3 Å². The topological polar surface area (TPSA) is 72.9 Å². The van der Waals surface area contributed by atoms with Gasteiger partial charge in [-0.2, -0.15) is 5.10 Å². The van der Waals surface area contributed by atoms with Crippen molar-refractivity contribution in [3.8, 4) is 0 Å². The van der Waals surface area contributed by atoms with Crippen LogP contribution < -0.4 is 11.1 Å². The van der Waals surface area contributed by atoms with Crippen molar-refractivity contribution >= 4 is 21.8 Å². The lowest BCUT2D eigenvalue weighted by molar-refractivity contribution is 0.0948. The first-order valence-electron chi connectivity index (χ1n) is 3.82. The average molecular weight is 247 g/mol. The number of nitrogens with one attached hydrogen (secondary N) is 1. The second kappa shape index (κ2) is 4.38. The fourth-order valence-electron chi connectivity index (χ4n) is 0.883. The summed E-state index contributed by atoms with van der Waals surface area (Å²) in [6, 6.07) is 0. The molecule has 0 aliphatic rings. The molecule has 0 radical (unpaired) electrons. The van der Waals surface area contributed by atoms with Crippen LogP contribution in [-0.2, 0) is 7.05 Å². The quantitative estimate of drug-likeness (QED) is 0.781. The van der Waals surface area contributed by atoms with Crippen LogP contribution in [0.1, 0.15) is 10.5 Å². The van der Waals surface area contributed by atoms with Crippen molar-refractivity contribution in [2.75, 3.05) is 13.1 Å². The number of hydrogen-bond acceptors (Lipinski definition) is 3. The Kier molecular flexibility index (Phi) is 3.44. The van der Waals surface area contributed by atoms with Gasteiger partial charge in [0.2, 0.25) is 0 Å². The van der Waals surface area contributed by atoms with Gasteiger partial charge >= 0.3 is 0 Å². The van der Waals surface area contributed by atoms with Crippen molar-refractivity contribution in [2.24, 2.45) is 12.8 Å². The molecule has 0 fully saturated rings. The Morgan fingerprint density at radius 3 is 3.00 bits per heavy atom. The van der Waals surface area contributed by atoms with Crippen LogP contribution in [-0.4, -0.2) is 28.8 Å². The minimum atomic E-state index is -0.210. The molecule has 0 unspecified atom stereocenters. The van der Waals surface area contributed by atoms with Crippen LogP contribution in [0, 0.1) is 0 Å². The second-order valence-electron chi connectivity index (χ2n) is 2.54. The Balaban J connectivity index is 2.70. The van der Waals surface area contributed by atoms with Crippen LogP contribution in [0.15, 0.2) is 10.7 Å². The molecule has 0 saturated carbocycles. The highest BCUT2D eigenvalue weighted by atomic mass is 79.9. The molecule has 1 amide bonds. The summed E-state index contributed by atoms with van der Waals surface area (Å²) in [5.41, 5.74) is 5.63. The molecule has 6 heteroatoms. The van der Waals surface area contributed by atoms with Crippen LogP contribution in [0.2, 0.25) is 0 Å². The third-order valence-corrected chi connectivity index (χ3v) is 2.01. The predicted octanol–water partition coefficient (Wildman–Crippen LogP) is -0.129. The number of aromatic nitrogens is 2. The van der Waals surface area contributed by atoms with Crippen molar-refractivity contribution < 1.29 is 4.79 Å². The van der Waals surface area contributed by atoms with Gasteiger partial charge in [-0.05, 0) is 15.9 Å². The van der Waals surface area contributed by atoms with Crippen molar-refractivity contribution in [3.05, 3.63) is 16.4 Å². The maximum Gasteiger partial charge on any atom is 0.273 e. The second-order valence-corrected chi connectivity index (χ2v) is 3.40. The van der Waals surface area contributed by atoms with E-state index in [4.69, 9.17) is 5.73 Å². The van der Waals surface area contributed by atoms with Crippen LogP contribution >= 0.6 is 15.9 Å². The Bertz CT molecular complexity index is 309. The van der Waals surface area contributed by atoms with Crippen molar-refractivity contribution in [2.45, 2.75) is 0 Å². The monoisotopic (exact) mass is 246 g/mol. The van der Waals surface area contributed by atoms with E-state index in [-0.39, 0.29) is 5.91 Å². The average Bonchev–Trinajstić information content (AvgIpc) is 2.41. The number of halogens is 1. The number of hydrogen-bond donors (Lipinski definition) is 2. The molecule has 3 N–H and O–H groups in total. The van der Waals surface area contributed by atoms with Gasteiger partial charge in [0.05, 0.1) is 4.47 Å². The Hall–Kier alpha value is -0.880. The number of aryl methyl sites for hydroxylation is 1. The molecule has 0 atom stereocenters. The van der Waals surface area contributed by atoms with E-state index in [1.165, 1.54) is 0 Å². The fourth-order valence-corrected chi connectivity index (χ4v) is 1.44. The molecule has 0 aromatic carbocycles. The van der Waals surface area contributed by atoms with Crippen LogP contribution in [0.25, 0.3) is 0 Å². The highest BCUT2D eigenvalue weighted by Gasteiger charge is 2.12. The minimum Gasteiger partial charge on any atom is -0.349 e. The predicted molar refractivity (Wildman–Crippen MR) is 52.3 cm³/mol. The summed E-state index contributed by atoms with van der Waals surface area (Å²) in [6.45, 7) is 0.887. The van der Waals surface area contributed by atoms with Crippen molar-refractivity contribution in [3.63, 3.8) is 0 Å². The summed E-state index contributed by atoms with van der Waals surface area (Å²) >= 11 is 3.23. The van der Waals surface area contributed by atoms with Gasteiger partial charge in [0, 0.05) is 26.3 Å². The summed E-state index contributed by atoms with van der Waals surface area (Å²) in [5, 5.41) is 6.61. The summed E-state index contributed by atoms with van der Waals surface area (Å²) < 4.78 is 2.26. The van der Waals surface area contributed by atoms with Crippen LogP contribution in [0.4, 0.5) is 0 Å². The van der Waals surface area contributed by atoms with E-state index >= 15 is 0 Å². The molecule has 0 bridgehead atoms. The largest absolute Gasteiger partial charge is 0.349 e. The SMILES string of the molecule is Cn1cc(Br)c(C(=O)NCCN)n1. The zero-order valence-corrected chi connectivity index (χ0v) is 8.84. The van der Waals surface area contributed by atoms with E-state index in [0.717, 1.165) is 0 Å². The number of carbonyl (C=O) groups excluding carboxylic acids is 1. The number of amides is 1. The summed E-state index contributed by atoms with van der Waals surface area (Å²) in [5.74, 6) is -0.210. The number of rotatable bonds is 3. The van der Waals surface area contributed by atoms with E-state index in [0.29, 0.717) is 23.3 Å². The van der Waals surface area contributed by atoms with E-state index in [1.807, 2.05) is 0 Å². The standard InChI is InChI=1S/C7H11BrN4O/c1-12-4-5(8)6(11-12)7(13)10-3-2-9/h4H,2-3,9H2,1H3,(H,10,13). The maximum absolute atomic E-state index is 11.4. The van der Waals surface area contributed by atoms with E-state index in [1.54, 1.807) is 17.9 Å². The van der Waals surface area contributed by atoms with Crippen molar-refractivity contribution in [1.82, 2.24) is 15.1 Å².